The second-order valence-electron chi connectivity index (χ2n) is 0. The van der Waals surface area contributed by atoms with Gasteiger partial charge in [0.25, 0.3) is 0 Å². The van der Waals surface area contributed by atoms with Crippen molar-refractivity contribution in [3.05, 3.63) is 0 Å². The van der Waals surface area contributed by atoms with Crippen LogP contribution in [0.15, 0.2) is 0 Å². The minimum absolute atomic E-state index is 0. The fourth-order valence-corrected chi connectivity index (χ4v) is 0. The van der Waals surface area contributed by atoms with Crippen molar-refractivity contribution in [1.82, 2.24) is 0 Å². The third kappa shape index (κ3) is 8.84. The molecule has 24 valence electrons. The van der Waals surface area contributed by atoms with Crippen molar-refractivity contribution in [2.75, 3.05) is 0 Å². The van der Waals surface area contributed by atoms with Crippen molar-refractivity contribution in [1.29, 1.82) is 0 Å². The van der Waals surface area contributed by atoms with Gasteiger partial charge in [-0.3, -0.25) is 0 Å². The van der Waals surface area contributed by atoms with Gasteiger partial charge < -0.3 is 1.43 Å². The molecule has 0 unspecified atom stereocenters. The number of hydrogen-bond acceptors (Lipinski definition) is 0. The van der Waals surface area contributed by atoms with Crippen LogP contribution in [0.5, 0.6) is 0 Å². The first-order chi connectivity index (χ1) is 0. The van der Waals surface area contributed by atoms with Crippen LogP contribution >= 0.6 is 12.4 Å². The Morgan fingerprint density at radius 3 is 1.25 bits per heavy atom. The van der Waals surface area contributed by atoms with Crippen LogP contribution < -0.4 is 29.6 Å². The van der Waals surface area contributed by atoms with Gasteiger partial charge in [0.05, 0.1) is 0 Å². The average molecular weight is 146 g/mol. The molecule has 0 amide bonds. The van der Waals surface area contributed by atoms with E-state index in [1.54, 1.807) is 0 Å². The fourth-order valence-electron chi connectivity index (χ4n) is 0. The Kier molecular flexibility index (Phi) is 151. The van der Waals surface area contributed by atoms with Crippen molar-refractivity contribution in [2.45, 2.75) is 0 Å². The quantitative estimate of drug-likeness (QED) is 0.309. The molecule has 0 saturated heterocycles. The smallest absolute Gasteiger partial charge is 1.00 e. The summed E-state index contributed by atoms with van der Waals surface area (Å²) in [6.45, 7) is 0. The van der Waals surface area contributed by atoms with Gasteiger partial charge in [0, 0.05) is 17.1 Å². The molecule has 0 aliphatic heterocycles. The summed E-state index contributed by atoms with van der Waals surface area (Å²) >= 11 is 0. The maximum Gasteiger partial charge on any atom is 1.00 e. The van der Waals surface area contributed by atoms with E-state index >= 15 is 0 Å². The van der Waals surface area contributed by atoms with Crippen molar-refractivity contribution in [2.24, 2.45) is 0 Å². The first-order valence-corrected chi connectivity index (χ1v) is 0. The Balaban J connectivity index is 0. The molecule has 0 aliphatic carbocycles. The predicted octanol–water partition coefficient (Wildman–Crippen LogP) is -3.65. The first-order valence-electron chi connectivity index (χ1n) is 0. The largest absolute Gasteiger partial charge is 1.00 e. The average Bonchev–Trinajstić information content (AvgIpc) is 0. The molecule has 0 fully saturated rings. The molecular formula is H5AlClFeNa. The van der Waals surface area contributed by atoms with E-state index in [-0.39, 0.29) is 77.8 Å². The molecular weight excluding hydrogens is 141 g/mol. The summed E-state index contributed by atoms with van der Waals surface area (Å²) < 4.78 is 0. The summed E-state index contributed by atoms with van der Waals surface area (Å²) in [5.74, 6) is 0. The zero-order valence-corrected chi connectivity index (χ0v) is 5.68. The monoisotopic (exact) mass is 146 g/mol. The summed E-state index contributed by atoms with van der Waals surface area (Å²) in [5, 5.41) is 0. The topological polar surface area (TPSA) is 0 Å². The van der Waals surface area contributed by atoms with Crippen LogP contribution in [0.4, 0.5) is 0 Å². The molecule has 0 atom stereocenters. The first kappa shape index (κ1) is 33.0. The van der Waals surface area contributed by atoms with Gasteiger partial charge >= 0.3 is 29.6 Å². The molecule has 0 nitrogen and oxygen atoms in total. The second kappa shape index (κ2) is 18.4. The van der Waals surface area contributed by atoms with E-state index < -0.39 is 0 Å². The number of rotatable bonds is 0. The van der Waals surface area contributed by atoms with E-state index in [9.17, 15) is 0 Å². The third-order valence-corrected chi connectivity index (χ3v) is 0. The molecule has 0 heterocycles. The zero-order valence-electron chi connectivity index (χ0n) is 2.76. The summed E-state index contributed by atoms with van der Waals surface area (Å²) in [4.78, 5) is 0. The van der Waals surface area contributed by atoms with Crippen LogP contribution in [0.3, 0.4) is 0 Å². The van der Waals surface area contributed by atoms with Gasteiger partial charge in [-0.25, -0.2) is 0 Å². The van der Waals surface area contributed by atoms with E-state index in [0.717, 1.165) is 0 Å². The Bertz CT molecular complexity index is 11.6. The molecule has 4 heavy (non-hydrogen) atoms. The van der Waals surface area contributed by atoms with Crippen LogP contribution in [0.2, 0.25) is 0 Å². The predicted molar refractivity (Wildman–Crippen MR) is 18.3 cm³/mol. The standard InChI is InChI=1S/Al.ClH.Fe.Na.4H/h;1H;;;;;;/q;;;+1;;;;-1. The maximum atomic E-state index is 0. The summed E-state index contributed by atoms with van der Waals surface area (Å²) in [5.41, 5.74) is 0. The van der Waals surface area contributed by atoms with Crippen LogP contribution in [-0.2, 0) is 17.1 Å². The molecule has 0 rings (SSSR count). The van der Waals surface area contributed by atoms with Gasteiger partial charge in [-0.05, 0) is 0 Å². The Morgan fingerprint density at radius 2 is 1.25 bits per heavy atom. The van der Waals surface area contributed by atoms with E-state index in [4.69, 9.17) is 0 Å². The zero-order chi connectivity index (χ0) is 0. The summed E-state index contributed by atoms with van der Waals surface area (Å²) in [6, 6.07) is 0. The maximum absolute atomic E-state index is 0. The second-order valence-corrected chi connectivity index (χ2v) is 0. The molecule has 0 N–H and O–H groups in total. The Hall–Kier alpha value is 2.34. The van der Waals surface area contributed by atoms with Crippen LogP contribution in [0.1, 0.15) is 1.43 Å². The molecule has 0 spiro atoms. The molecule has 0 bridgehead atoms. The molecule has 0 aromatic rings. The van der Waals surface area contributed by atoms with Gasteiger partial charge in [-0.1, -0.05) is 0 Å². The number of halogens is 1. The van der Waals surface area contributed by atoms with E-state index in [1.165, 1.54) is 0 Å². The van der Waals surface area contributed by atoms with Crippen LogP contribution in [-0.4, -0.2) is 17.4 Å². The minimum Gasteiger partial charge on any atom is -1.00 e. The van der Waals surface area contributed by atoms with Crippen molar-refractivity contribution >= 4 is 29.8 Å². The van der Waals surface area contributed by atoms with E-state index in [2.05, 4.69) is 0 Å². The molecule has 4 heteroatoms. The molecule has 0 saturated carbocycles. The summed E-state index contributed by atoms with van der Waals surface area (Å²) in [7, 11) is 0. The Labute approximate surface area is 76.9 Å². The van der Waals surface area contributed by atoms with Gasteiger partial charge in [-0.2, -0.15) is 0 Å². The van der Waals surface area contributed by atoms with Crippen LogP contribution in [0, 0.1) is 0 Å². The minimum atomic E-state index is 0. The Morgan fingerprint density at radius 1 is 1.25 bits per heavy atom. The number of hydrogen-bond donors (Lipinski definition) is 0. The fraction of sp³-hybridized carbons (Fsp3) is 0. The summed E-state index contributed by atoms with van der Waals surface area (Å²) in [6.07, 6.45) is 0. The van der Waals surface area contributed by atoms with E-state index in [0.29, 0.717) is 0 Å². The normalized spacial score (nSPS) is 0. The molecule has 0 aromatic carbocycles. The van der Waals surface area contributed by atoms with Crippen molar-refractivity contribution < 1.29 is 48.1 Å². The molecule has 0 aromatic heterocycles. The van der Waals surface area contributed by atoms with Crippen molar-refractivity contribution in [3.63, 3.8) is 0 Å². The third-order valence-electron chi connectivity index (χ3n) is 0. The van der Waals surface area contributed by atoms with Crippen molar-refractivity contribution in [3.8, 4) is 0 Å². The van der Waals surface area contributed by atoms with Gasteiger partial charge in [0.1, 0.15) is 0 Å². The SMILES string of the molecule is Cl.[AlH3].[Fe].[H-].[Na+]. The molecule has 0 aliphatic rings. The van der Waals surface area contributed by atoms with Gasteiger partial charge in [0.2, 0.25) is 0 Å². The van der Waals surface area contributed by atoms with Crippen LogP contribution in [0.25, 0.3) is 0 Å². The molecule has 0 radical (unpaired) electrons. The van der Waals surface area contributed by atoms with Gasteiger partial charge in [-0.15, -0.1) is 12.4 Å². The van der Waals surface area contributed by atoms with Gasteiger partial charge in [0.15, 0.2) is 17.4 Å². The van der Waals surface area contributed by atoms with E-state index in [1.807, 2.05) is 0 Å².